The molecule has 5 heteroatoms. The van der Waals surface area contributed by atoms with Crippen LogP contribution >= 0.6 is 0 Å². The number of hydrogen-bond acceptors (Lipinski definition) is 4. The van der Waals surface area contributed by atoms with E-state index in [4.69, 9.17) is 0 Å². The van der Waals surface area contributed by atoms with E-state index in [0.717, 1.165) is 43.9 Å². The molecule has 1 aromatic rings. The minimum absolute atomic E-state index is 0.237. The smallest absolute Gasteiger partial charge is 0.292 e. The number of nitro groups is 1. The molecule has 1 aromatic carbocycles. The summed E-state index contributed by atoms with van der Waals surface area (Å²) in [5.74, 6) is 0. The quantitative estimate of drug-likeness (QED) is 0.672. The lowest BCUT2D eigenvalue weighted by Crippen LogP contribution is -2.51. The van der Waals surface area contributed by atoms with Gasteiger partial charge in [-0.1, -0.05) is 6.07 Å². The Labute approximate surface area is 125 Å². The predicted molar refractivity (Wildman–Crippen MR) is 83.8 cm³/mol. The second-order valence-electron chi connectivity index (χ2n) is 6.55. The Balaban J connectivity index is 1.89. The maximum Gasteiger partial charge on any atom is 0.292 e. The number of aryl methyl sites for hydroxylation is 1. The molecular weight excluding hydrogens is 266 g/mol. The molecule has 5 nitrogen and oxygen atoms in total. The van der Waals surface area contributed by atoms with E-state index in [1.807, 2.05) is 19.1 Å². The van der Waals surface area contributed by atoms with Crippen LogP contribution in [0.15, 0.2) is 18.2 Å². The van der Waals surface area contributed by atoms with Crippen LogP contribution in [-0.4, -0.2) is 31.1 Å². The van der Waals surface area contributed by atoms with Gasteiger partial charge in [0.25, 0.3) is 5.69 Å². The first-order valence-electron chi connectivity index (χ1n) is 7.80. The Kier molecular flexibility index (Phi) is 3.85. The third kappa shape index (κ3) is 2.88. The van der Waals surface area contributed by atoms with Gasteiger partial charge >= 0.3 is 0 Å². The number of piperidine rings is 2. The largest absolute Gasteiger partial charge is 0.365 e. The van der Waals surface area contributed by atoms with Gasteiger partial charge in [0.05, 0.1) is 4.92 Å². The number of nitro benzene ring substituents is 1. The Bertz CT molecular complexity index is 533. The van der Waals surface area contributed by atoms with Crippen LogP contribution in [-0.2, 0) is 0 Å². The summed E-state index contributed by atoms with van der Waals surface area (Å²) >= 11 is 0. The Morgan fingerprint density at radius 1 is 1.33 bits per heavy atom. The van der Waals surface area contributed by atoms with Gasteiger partial charge in [-0.2, -0.15) is 0 Å². The van der Waals surface area contributed by atoms with Gasteiger partial charge in [-0.3, -0.25) is 10.1 Å². The lowest BCUT2D eigenvalue weighted by Gasteiger charge is -2.46. The molecule has 1 unspecified atom stereocenters. The molecule has 21 heavy (non-hydrogen) atoms. The molecular formula is C16H23N3O2. The molecule has 2 aliphatic heterocycles. The van der Waals surface area contributed by atoms with Crippen LogP contribution in [0.4, 0.5) is 11.4 Å². The van der Waals surface area contributed by atoms with Crippen molar-refractivity contribution in [3.8, 4) is 0 Å². The van der Waals surface area contributed by atoms with Crippen LogP contribution < -0.4 is 10.2 Å². The van der Waals surface area contributed by atoms with Crippen LogP contribution in [0, 0.1) is 22.5 Å². The summed E-state index contributed by atoms with van der Waals surface area (Å²) in [6.07, 6.45) is 4.79. The summed E-state index contributed by atoms with van der Waals surface area (Å²) in [5.41, 5.74) is 2.41. The SMILES string of the molecule is Cc1ccc([N+](=O)[O-])c(N2CCCC3(CCCNC3)C2)c1. The normalized spacial score (nSPS) is 26.0. The van der Waals surface area contributed by atoms with Crippen molar-refractivity contribution in [2.75, 3.05) is 31.1 Å². The highest BCUT2D eigenvalue weighted by atomic mass is 16.6. The average molecular weight is 289 g/mol. The minimum atomic E-state index is -0.255. The maximum absolute atomic E-state index is 11.3. The van der Waals surface area contributed by atoms with E-state index in [-0.39, 0.29) is 10.6 Å². The third-order valence-corrected chi connectivity index (χ3v) is 4.89. The number of nitrogens with one attached hydrogen (secondary N) is 1. The van der Waals surface area contributed by atoms with Gasteiger partial charge in [-0.25, -0.2) is 0 Å². The second-order valence-corrected chi connectivity index (χ2v) is 6.55. The Morgan fingerprint density at radius 3 is 2.86 bits per heavy atom. The third-order valence-electron chi connectivity index (χ3n) is 4.89. The average Bonchev–Trinajstić information content (AvgIpc) is 2.47. The molecule has 0 aromatic heterocycles. The van der Waals surface area contributed by atoms with Crippen molar-refractivity contribution in [2.45, 2.75) is 32.6 Å². The van der Waals surface area contributed by atoms with E-state index >= 15 is 0 Å². The van der Waals surface area contributed by atoms with Crippen molar-refractivity contribution in [1.82, 2.24) is 5.32 Å². The number of benzene rings is 1. The molecule has 2 aliphatic rings. The number of rotatable bonds is 2. The van der Waals surface area contributed by atoms with Gasteiger partial charge in [0.2, 0.25) is 0 Å². The second kappa shape index (κ2) is 5.64. The summed E-state index contributed by atoms with van der Waals surface area (Å²) < 4.78 is 0. The fourth-order valence-corrected chi connectivity index (χ4v) is 3.83. The zero-order valence-corrected chi connectivity index (χ0v) is 12.6. The molecule has 2 saturated heterocycles. The molecule has 114 valence electrons. The molecule has 0 radical (unpaired) electrons. The first kappa shape index (κ1) is 14.3. The molecule has 0 saturated carbocycles. The maximum atomic E-state index is 11.3. The van der Waals surface area contributed by atoms with Crippen molar-refractivity contribution in [1.29, 1.82) is 0 Å². The van der Waals surface area contributed by atoms with E-state index in [2.05, 4.69) is 10.2 Å². The summed E-state index contributed by atoms with van der Waals surface area (Å²) in [6.45, 7) is 6.00. The van der Waals surface area contributed by atoms with Gasteiger partial charge in [-0.05, 0) is 50.8 Å². The van der Waals surface area contributed by atoms with Gasteiger partial charge in [-0.15, -0.1) is 0 Å². The highest BCUT2D eigenvalue weighted by Gasteiger charge is 2.37. The molecule has 2 fully saturated rings. The fraction of sp³-hybridized carbons (Fsp3) is 0.625. The molecule has 0 bridgehead atoms. The summed E-state index contributed by atoms with van der Waals surface area (Å²) in [7, 11) is 0. The highest BCUT2D eigenvalue weighted by molar-refractivity contribution is 5.64. The van der Waals surface area contributed by atoms with Crippen molar-refractivity contribution >= 4 is 11.4 Å². The monoisotopic (exact) mass is 289 g/mol. The highest BCUT2D eigenvalue weighted by Crippen LogP contribution is 2.40. The zero-order chi connectivity index (χ0) is 14.9. The molecule has 1 atom stereocenters. The predicted octanol–water partition coefficient (Wildman–Crippen LogP) is 2.87. The number of anilines is 1. The van der Waals surface area contributed by atoms with Crippen LogP contribution in [0.3, 0.4) is 0 Å². The summed E-state index contributed by atoms with van der Waals surface area (Å²) in [5, 5.41) is 14.8. The molecule has 0 aliphatic carbocycles. The minimum Gasteiger partial charge on any atom is -0.365 e. The first-order valence-corrected chi connectivity index (χ1v) is 7.80. The van der Waals surface area contributed by atoms with Crippen molar-refractivity contribution < 1.29 is 4.92 Å². The van der Waals surface area contributed by atoms with E-state index in [9.17, 15) is 10.1 Å². The van der Waals surface area contributed by atoms with Crippen molar-refractivity contribution in [3.63, 3.8) is 0 Å². The topological polar surface area (TPSA) is 58.4 Å². The zero-order valence-electron chi connectivity index (χ0n) is 12.6. The van der Waals surface area contributed by atoms with Gasteiger partial charge in [0.15, 0.2) is 0 Å². The van der Waals surface area contributed by atoms with Crippen molar-refractivity contribution in [2.24, 2.45) is 5.41 Å². The van der Waals surface area contributed by atoms with Crippen molar-refractivity contribution in [3.05, 3.63) is 33.9 Å². The number of nitrogens with zero attached hydrogens (tertiary/aromatic N) is 2. The van der Waals surface area contributed by atoms with Crippen LogP contribution in [0.1, 0.15) is 31.2 Å². The van der Waals surface area contributed by atoms with Gasteiger partial charge in [0, 0.05) is 31.1 Å². The van der Waals surface area contributed by atoms with E-state index in [0.29, 0.717) is 5.41 Å². The molecule has 3 rings (SSSR count). The van der Waals surface area contributed by atoms with Gasteiger partial charge < -0.3 is 10.2 Å². The van der Waals surface area contributed by atoms with Crippen LogP contribution in [0.5, 0.6) is 0 Å². The van der Waals surface area contributed by atoms with E-state index in [1.54, 1.807) is 6.07 Å². The first-order chi connectivity index (χ1) is 10.1. The Hall–Kier alpha value is -1.62. The molecule has 1 N–H and O–H groups in total. The molecule has 1 spiro atoms. The van der Waals surface area contributed by atoms with Crippen LogP contribution in [0.2, 0.25) is 0 Å². The lowest BCUT2D eigenvalue weighted by molar-refractivity contribution is -0.384. The lowest BCUT2D eigenvalue weighted by atomic mass is 9.74. The standard InChI is InChI=1S/C16H23N3O2/c1-13-4-5-14(19(20)21)15(10-13)18-9-3-7-16(12-18)6-2-8-17-11-16/h4-5,10,17H,2-3,6-9,11-12H2,1H3. The molecule has 2 heterocycles. The fourth-order valence-electron chi connectivity index (χ4n) is 3.83. The van der Waals surface area contributed by atoms with E-state index in [1.165, 1.54) is 19.3 Å². The number of hydrogen-bond donors (Lipinski definition) is 1. The van der Waals surface area contributed by atoms with Gasteiger partial charge in [0.1, 0.15) is 5.69 Å². The summed E-state index contributed by atoms with van der Waals surface area (Å²) in [6, 6.07) is 5.43. The van der Waals surface area contributed by atoms with E-state index < -0.39 is 0 Å². The van der Waals surface area contributed by atoms with Crippen LogP contribution in [0.25, 0.3) is 0 Å². The Morgan fingerprint density at radius 2 is 2.14 bits per heavy atom. The summed E-state index contributed by atoms with van der Waals surface area (Å²) in [4.78, 5) is 13.3. The molecule has 0 amide bonds.